The second kappa shape index (κ2) is 7.32. The van der Waals surface area contributed by atoms with Crippen molar-refractivity contribution >= 4 is 11.0 Å². The van der Waals surface area contributed by atoms with Crippen LogP contribution in [0.1, 0.15) is 17.0 Å². The molecule has 1 heterocycles. The molecule has 3 rings (SSSR count). The maximum absolute atomic E-state index is 13.0. The third kappa shape index (κ3) is 3.62. The minimum atomic E-state index is -0.286. The van der Waals surface area contributed by atoms with Crippen LogP contribution in [0.2, 0.25) is 0 Å². The predicted molar refractivity (Wildman–Crippen MR) is 91.8 cm³/mol. The van der Waals surface area contributed by atoms with Crippen LogP contribution in [0.25, 0.3) is 11.0 Å². The van der Waals surface area contributed by atoms with Crippen LogP contribution < -0.4 is 4.74 Å². The highest BCUT2D eigenvalue weighted by Gasteiger charge is 2.15. The van der Waals surface area contributed by atoms with Gasteiger partial charge in [0, 0.05) is 19.7 Å². The first-order chi connectivity index (χ1) is 12.1. The highest BCUT2D eigenvalue weighted by molar-refractivity contribution is 5.84. The van der Waals surface area contributed by atoms with Crippen LogP contribution in [0.4, 0.5) is 4.39 Å². The van der Waals surface area contributed by atoms with Gasteiger partial charge >= 0.3 is 0 Å². The van der Waals surface area contributed by atoms with Crippen molar-refractivity contribution in [1.82, 2.24) is 9.55 Å². The molecular formula is C19H18FN3O2. The summed E-state index contributed by atoms with van der Waals surface area (Å²) < 4.78 is 26.2. The molecule has 0 unspecified atom stereocenters. The molecule has 0 fully saturated rings. The Morgan fingerprint density at radius 2 is 2.00 bits per heavy atom. The number of methoxy groups -OCH3 is 1. The summed E-state index contributed by atoms with van der Waals surface area (Å²) in [5.74, 6) is 1.12. The zero-order valence-corrected chi connectivity index (χ0v) is 14.1. The SMILES string of the molecule is COCCn1c(C)nc2cc(C#N)cc(OCc3ccc(F)cc3)c21. The molecule has 2 aromatic carbocycles. The number of aromatic nitrogens is 2. The first kappa shape index (κ1) is 16.9. The van der Waals surface area contributed by atoms with Crippen molar-refractivity contribution in [3.8, 4) is 11.8 Å². The Bertz CT molecular complexity index is 926. The van der Waals surface area contributed by atoms with E-state index in [0.29, 0.717) is 30.0 Å². The number of halogens is 1. The third-order valence-electron chi connectivity index (χ3n) is 3.95. The molecule has 3 aromatic rings. The summed E-state index contributed by atoms with van der Waals surface area (Å²) in [6.45, 7) is 3.37. The molecule has 0 aliphatic rings. The smallest absolute Gasteiger partial charge is 0.147 e. The van der Waals surface area contributed by atoms with Gasteiger partial charge in [0.15, 0.2) is 0 Å². The summed E-state index contributed by atoms with van der Waals surface area (Å²) in [6, 6.07) is 11.7. The van der Waals surface area contributed by atoms with Crippen molar-refractivity contribution in [2.24, 2.45) is 0 Å². The normalized spacial score (nSPS) is 10.8. The zero-order chi connectivity index (χ0) is 17.8. The van der Waals surface area contributed by atoms with E-state index >= 15 is 0 Å². The first-order valence-corrected chi connectivity index (χ1v) is 7.89. The highest BCUT2D eigenvalue weighted by atomic mass is 19.1. The van der Waals surface area contributed by atoms with E-state index in [-0.39, 0.29) is 12.4 Å². The molecule has 0 saturated carbocycles. The zero-order valence-electron chi connectivity index (χ0n) is 14.1. The number of rotatable bonds is 6. The van der Waals surface area contributed by atoms with Gasteiger partial charge in [0.05, 0.1) is 23.8 Å². The Morgan fingerprint density at radius 3 is 2.68 bits per heavy atom. The number of ether oxygens (including phenoxy) is 2. The van der Waals surface area contributed by atoms with E-state index in [1.807, 2.05) is 11.5 Å². The molecule has 1 aromatic heterocycles. The summed E-state index contributed by atoms with van der Waals surface area (Å²) in [7, 11) is 1.65. The lowest BCUT2D eigenvalue weighted by Crippen LogP contribution is -2.07. The van der Waals surface area contributed by atoms with Crippen molar-refractivity contribution in [2.45, 2.75) is 20.1 Å². The first-order valence-electron chi connectivity index (χ1n) is 7.89. The lowest BCUT2D eigenvalue weighted by atomic mass is 10.2. The Morgan fingerprint density at radius 1 is 1.24 bits per heavy atom. The van der Waals surface area contributed by atoms with Crippen LogP contribution >= 0.6 is 0 Å². The van der Waals surface area contributed by atoms with Crippen LogP contribution in [0.15, 0.2) is 36.4 Å². The highest BCUT2D eigenvalue weighted by Crippen LogP contribution is 2.29. The van der Waals surface area contributed by atoms with Crippen molar-refractivity contribution in [3.63, 3.8) is 0 Å². The molecule has 0 bridgehead atoms. The average Bonchev–Trinajstić information content (AvgIpc) is 2.94. The van der Waals surface area contributed by atoms with Gasteiger partial charge in [-0.2, -0.15) is 5.26 Å². The quantitative estimate of drug-likeness (QED) is 0.689. The van der Waals surface area contributed by atoms with Gasteiger partial charge in [-0.1, -0.05) is 12.1 Å². The van der Waals surface area contributed by atoms with Crippen molar-refractivity contribution in [3.05, 3.63) is 59.2 Å². The number of imidazole rings is 1. The van der Waals surface area contributed by atoms with E-state index in [2.05, 4.69) is 11.1 Å². The Balaban J connectivity index is 1.99. The van der Waals surface area contributed by atoms with Crippen molar-refractivity contribution < 1.29 is 13.9 Å². The summed E-state index contributed by atoms with van der Waals surface area (Å²) in [5.41, 5.74) is 2.87. The van der Waals surface area contributed by atoms with Crippen LogP contribution in [-0.2, 0) is 17.9 Å². The Labute approximate surface area is 145 Å². The number of fused-ring (bicyclic) bond motifs is 1. The van der Waals surface area contributed by atoms with Crippen molar-refractivity contribution in [2.75, 3.05) is 13.7 Å². The van der Waals surface area contributed by atoms with Crippen molar-refractivity contribution in [1.29, 1.82) is 5.26 Å². The number of aryl methyl sites for hydroxylation is 1. The molecule has 0 aliphatic heterocycles. The van der Waals surface area contributed by atoms with Gasteiger partial charge in [0.2, 0.25) is 0 Å². The van der Waals surface area contributed by atoms with Crippen LogP contribution in [0, 0.1) is 24.1 Å². The fraction of sp³-hybridized carbons (Fsp3) is 0.263. The minimum absolute atomic E-state index is 0.277. The molecule has 5 nitrogen and oxygen atoms in total. The molecule has 25 heavy (non-hydrogen) atoms. The Hall–Kier alpha value is -2.91. The molecule has 128 valence electrons. The van der Waals surface area contributed by atoms with E-state index < -0.39 is 0 Å². The third-order valence-corrected chi connectivity index (χ3v) is 3.95. The molecule has 0 atom stereocenters. The molecule has 0 radical (unpaired) electrons. The van der Waals surface area contributed by atoms with Gasteiger partial charge in [0.25, 0.3) is 0 Å². The summed E-state index contributed by atoms with van der Waals surface area (Å²) in [4.78, 5) is 4.53. The molecule has 0 amide bonds. The molecule has 6 heteroatoms. The largest absolute Gasteiger partial charge is 0.487 e. The van der Waals surface area contributed by atoms with Crippen LogP contribution in [0.5, 0.6) is 5.75 Å². The number of nitriles is 1. The van der Waals surface area contributed by atoms with E-state index in [0.717, 1.165) is 16.9 Å². The van der Waals surface area contributed by atoms with Gasteiger partial charge in [-0.3, -0.25) is 0 Å². The monoisotopic (exact) mass is 339 g/mol. The molecule has 0 aliphatic carbocycles. The topological polar surface area (TPSA) is 60.1 Å². The lowest BCUT2D eigenvalue weighted by molar-refractivity contribution is 0.187. The second-order valence-corrected chi connectivity index (χ2v) is 5.67. The number of hydrogen-bond donors (Lipinski definition) is 0. The summed E-state index contributed by atoms with van der Waals surface area (Å²) in [6.07, 6.45) is 0. The van der Waals surface area contributed by atoms with Crippen LogP contribution in [-0.4, -0.2) is 23.3 Å². The maximum Gasteiger partial charge on any atom is 0.147 e. The number of nitrogens with zero attached hydrogens (tertiary/aromatic N) is 3. The van der Waals surface area contributed by atoms with E-state index in [1.54, 1.807) is 31.4 Å². The number of benzene rings is 2. The van der Waals surface area contributed by atoms with Crippen LogP contribution in [0.3, 0.4) is 0 Å². The minimum Gasteiger partial charge on any atom is -0.487 e. The molecular weight excluding hydrogens is 321 g/mol. The van der Waals surface area contributed by atoms with E-state index in [4.69, 9.17) is 9.47 Å². The molecule has 0 spiro atoms. The van der Waals surface area contributed by atoms with Gasteiger partial charge in [0.1, 0.15) is 29.5 Å². The van der Waals surface area contributed by atoms with Gasteiger partial charge in [-0.05, 0) is 30.7 Å². The second-order valence-electron chi connectivity index (χ2n) is 5.67. The Kier molecular flexibility index (Phi) is 4.96. The summed E-state index contributed by atoms with van der Waals surface area (Å²) >= 11 is 0. The maximum atomic E-state index is 13.0. The van der Waals surface area contributed by atoms with Gasteiger partial charge in [-0.15, -0.1) is 0 Å². The average molecular weight is 339 g/mol. The molecule has 0 saturated heterocycles. The summed E-state index contributed by atoms with van der Waals surface area (Å²) in [5, 5.41) is 9.25. The van der Waals surface area contributed by atoms with E-state index in [1.165, 1.54) is 12.1 Å². The number of hydrogen-bond acceptors (Lipinski definition) is 4. The standard InChI is InChI=1S/C19H18FN3O2/c1-13-22-17-9-15(11-21)10-18(19(17)23(13)7-8-24-2)25-12-14-3-5-16(20)6-4-14/h3-6,9-10H,7-8,12H2,1-2H3. The van der Waals surface area contributed by atoms with E-state index in [9.17, 15) is 9.65 Å². The van der Waals surface area contributed by atoms with Gasteiger partial charge in [-0.25, -0.2) is 9.37 Å². The predicted octanol–water partition coefficient (Wildman–Crippen LogP) is 3.58. The lowest BCUT2D eigenvalue weighted by Gasteiger charge is -2.12. The van der Waals surface area contributed by atoms with Gasteiger partial charge < -0.3 is 14.0 Å². The molecule has 0 N–H and O–H groups in total. The fourth-order valence-electron chi connectivity index (χ4n) is 2.72. The fourth-order valence-corrected chi connectivity index (χ4v) is 2.72.